The number of nitrogens with zero attached hydrogens (tertiary/aromatic N) is 1. The van der Waals surface area contributed by atoms with E-state index in [1.165, 1.54) is 18.2 Å². The molecule has 0 saturated heterocycles. The van der Waals surface area contributed by atoms with E-state index in [2.05, 4.69) is 5.32 Å². The summed E-state index contributed by atoms with van der Waals surface area (Å²) in [6.07, 6.45) is 0. The highest BCUT2D eigenvalue weighted by Gasteiger charge is 2.20. The molecule has 0 heterocycles. The van der Waals surface area contributed by atoms with Crippen LogP contribution in [0.3, 0.4) is 0 Å². The molecule has 0 unspecified atom stereocenters. The highest BCUT2D eigenvalue weighted by Crippen LogP contribution is 2.19. The maximum atomic E-state index is 11.9. The Morgan fingerprint density at radius 1 is 1.42 bits per heavy atom. The molecule has 0 atom stereocenters. The van der Waals surface area contributed by atoms with Crippen LogP contribution in [0, 0.1) is 11.3 Å². The third-order valence-corrected chi connectivity index (χ3v) is 3.48. The molecule has 0 bridgehead atoms. The van der Waals surface area contributed by atoms with Gasteiger partial charge in [0.25, 0.3) is 10.0 Å². The van der Waals surface area contributed by atoms with Crippen molar-refractivity contribution in [2.75, 3.05) is 5.73 Å². The van der Waals surface area contributed by atoms with E-state index in [-0.39, 0.29) is 22.2 Å². The summed E-state index contributed by atoms with van der Waals surface area (Å²) in [7, 11) is -4.06. The zero-order valence-corrected chi connectivity index (χ0v) is 11.3. The first kappa shape index (κ1) is 14.8. The number of nitrogens with two attached hydrogens (primary N) is 1. The largest absolute Gasteiger partial charge is 0.398 e. The van der Waals surface area contributed by atoms with Crippen molar-refractivity contribution in [1.82, 2.24) is 10.0 Å². The summed E-state index contributed by atoms with van der Waals surface area (Å²) in [6, 6.07) is 4.53. The predicted octanol–water partition coefficient (Wildman–Crippen LogP) is 0.537. The molecule has 0 fully saturated rings. The van der Waals surface area contributed by atoms with Crippen LogP contribution in [0.25, 0.3) is 0 Å². The molecular weight excluding hydrogens is 268 g/mol. The minimum absolute atomic E-state index is 0.0936. The molecule has 2 amide bonds. The van der Waals surface area contributed by atoms with E-state index in [0.29, 0.717) is 0 Å². The number of amides is 2. The second kappa shape index (κ2) is 5.58. The van der Waals surface area contributed by atoms with E-state index in [0.717, 1.165) is 0 Å². The van der Waals surface area contributed by atoms with E-state index >= 15 is 0 Å². The fourth-order valence-corrected chi connectivity index (χ4v) is 2.36. The summed E-state index contributed by atoms with van der Waals surface area (Å²) in [4.78, 5) is 11.1. The zero-order valence-electron chi connectivity index (χ0n) is 10.5. The lowest BCUT2D eigenvalue weighted by Crippen LogP contribution is -2.42. The summed E-state index contributed by atoms with van der Waals surface area (Å²) >= 11 is 0. The van der Waals surface area contributed by atoms with Gasteiger partial charge in [0.1, 0.15) is 4.90 Å². The number of hydrogen-bond acceptors (Lipinski definition) is 5. The topological polar surface area (TPSA) is 125 Å². The standard InChI is InChI=1S/C11H14N4O3S/c1-7(2)14-11(16)15-19(17,18)10-4-3-8(6-12)5-9(10)13/h3-5,7H,13H2,1-2H3,(H2,14,15,16). The minimum Gasteiger partial charge on any atom is -0.398 e. The number of hydrogen-bond donors (Lipinski definition) is 3. The van der Waals surface area contributed by atoms with Gasteiger partial charge in [-0.25, -0.2) is 17.9 Å². The Morgan fingerprint density at radius 3 is 2.53 bits per heavy atom. The van der Waals surface area contributed by atoms with Gasteiger partial charge >= 0.3 is 6.03 Å². The van der Waals surface area contributed by atoms with E-state index in [1.807, 2.05) is 10.8 Å². The van der Waals surface area contributed by atoms with Crippen LogP contribution in [0.15, 0.2) is 23.1 Å². The first-order valence-electron chi connectivity index (χ1n) is 5.39. The van der Waals surface area contributed by atoms with Gasteiger partial charge in [-0.1, -0.05) is 0 Å². The van der Waals surface area contributed by atoms with Gasteiger partial charge in [0.15, 0.2) is 0 Å². The lowest BCUT2D eigenvalue weighted by atomic mass is 10.2. The molecule has 1 rings (SSSR count). The lowest BCUT2D eigenvalue weighted by Gasteiger charge is -2.12. The number of nitrogens with one attached hydrogen (secondary N) is 2. The van der Waals surface area contributed by atoms with Crippen LogP contribution in [0.2, 0.25) is 0 Å². The van der Waals surface area contributed by atoms with Gasteiger partial charge in [-0.15, -0.1) is 0 Å². The molecule has 0 spiro atoms. The number of carbonyl (C=O) groups excluding carboxylic acids is 1. The smallest absolute Gasteiger partial charge is 0.328 e. The van der Waals surface area contributed by atoms with Crippen LogP contribution in [-0.4, -0.2) is 20.5 Å². The van der Waals surface area contributed by atoms with Crippen molar-refractivity contribution in [3.05, 3.63) is 23.8 Å². The van der Waals surface area contributed by atoms with Gasteiger partial charge < -0.3 is 11.1 Å². The first-order chi connectivity index (χ1) is 8.76. The highest BCUT2D eigenvalue weighted by molar-refractivity contribution is 7.90. The third-order valence-electron chi connectivity index (χ3n) is 2.08. The quantitative estimate of drug-likeness (QED) is 0.697. The molecule has 1 aromatic carbocycles. The maximum absolute atomic E-state index is 11.9. The molecule has 7 nitrogen and oxygen atoms in total. The lowest BCUT2D eigenvalue weighted by molar-refractivity contribution is 0.243. The molecule has 0 saturated carbocycles. The molecule has 0 aliphatic carbocycles. The van der Waals surface area contributed by atoms with Crippen LogP contribution >= 0.6 is 0 Å². The average molecular weight is 282 g/mol. The van der Waals surface area contributed by atoms with E-state index in [9.17, 15) is 13.2 Å². The fourth-order valence-electron chi connectivity index (χ4n) is 1.33. The van der Waals surface area contributed by atoms with Crippen molar-refractivity contribution >= 4 is 21.7 Å². The van der Waals surface area contributed by atoms with Gasteiger partial charge in [0, 0.05) is 6.04 Å². The number of rotatable bonds is 3. The van der Waals surface area contributed by atoms with Crippen LogP contribution in [-0.2, 0) is 10.0 Å². The van der Waals surface area contributed by atoms with E-state index in [1.54, 1.807) is 13.8 Å². The van der Waals surface area contributed by atoms with Crippen molar-refractivity contribution in [2.24, 2.45) is 0 Å². The number of benzene rings is 1. The Hall–Kier alpha value is -2.27. The molecule has 8 heteroatoms. The second-order valence-electron chi connectivity index (χ2n) is 4.10. The molecule has 0 aliphatic rings. The number of urea groups is 1. The molecule has 4 N–H and O–H groups in total. The minimum atomic E-state index is -4.06. The number of carbonyl (C=O) groups is 1. The van der Waals surface area contributed by atoms with E-state index < -0.39 is 16.1 Å². The average Bonchev–Trinajstić information content (AvgIpc) is 2.26. The summed E-state index contributed by atoms with van der Waals surface area (Å²) in [6.45, 7) is 3.39. The van der Waals surface area contributed by atoms with Crippen LogP contribution in [0.1, 0.15) is 19.4 Å². The molecule has 102 valence electrons. The molecule has 0 radical (unpaired) electrons. The number of nitrogen functional groups attached to an aromatic ring is 1. The Morgan fingerprint density at radius 2 is 2.05 bits per heavy atom. The Bertz CT molecular complexity index is 632. The zero-order chi connectivity index (χ0) is 14.6. The number of nitriles is 1. The van der Waals surface area contributed by atoms with Gasteiger partial charge in [0.2, 0.25) is 0 Å². The molecule has 0 aliphatic heterocycles. The first-order valence-corrected chi connectivity index (χ1v) is 6.87. The van der Waals surface area contributed by atoms with Gasteiger partial charge in [-0.3, -0.25) is 0 Å². The van der Waals surface area contributed by atoms with Crippen LogP contribution < -0.4 is 15.8 Å². The fraction of sp³-hybridized carbons (Fsp3) is 0.273. The molecule has 1 aromatic rings. The Balaban J connectivity index is 3.02. The van der Waals surface area contributed by atoms with Crippen molar-refractivity contribution < 1.29 is 13.2 Å². The van der Waals surface area contributed by atoms with Gasteiger partial charge in [-0.2, -0.15) is 5.26 Å². The maximum Gasteiger partial charge on any atom is 0.328 e. The monoisotopic (exact) mass is 282 g/mol. The molecule has 0 aromatic heterocycles. The number of anilines is 1. The Labute approximate surface area is 111 Å². The summed E-state index contributed by atoms with van der Waals surface area (Å²) < 4.78 is 25.7. The number of sulfonamides is 1. The summed E-state index contributed by atoms with van der Waals surface area (Å²) in [5.41, 5.74) is 5.70. The molecular formula is C11H14N4O3S. The van der Waals surface area contributed by atoms with Gasteiger partial charge in [0.05, 0.1) is 17.3 Å². The SMILES string of the molecule is CC(C)NC(=O)NS(=O)(=O)c1ccc(C#N)cc1N. The highest BCUT2D eigenvalue weighted by atomic mass is 32.2. The van der Waals surface area contributed by atoms with Crippen LogP contribution in [0.5, 0.6) is 0 Å². The van der Waals surface area contributed by atoms with Gasteiger partial charge in [-0.05, 0) is 32.0 Å². The third kappa shape index (κ3) is 3.86. The van der Waals surface area contributed by atoms with E-state index in [4.69, 9.17) is 11.0 Å². The summed E-state index contributed by atoms with van der Waals surface area (Å²) in [5.74, 6) is 0. The second-order valence-corrected chi connectivity index (χ2v) is 5.75. The predicted molar refractivity (Wildman–Crippen MR) is 69.6 cm³/mol. The van der Waals surface area contributed by atoms with Crippen LogP contribution in [0.4, 0.5) is 10.5 Å². The van der Waals surface area contributed by atoms with Crippen molar-refractivity contribution in [2.45, 2.75) is 24.8 Å². The normalized spacial score (nSPS) is 10.8. The Kier molecular flexibility index (Phi) is 4.34. The van der Waals surface area contributed by atoms with Crippen molar-refractivity contribution in [3.8, 4) is 6.07 Å². The van der Waals surface area contributed by atoms with Crippen molar-refractivity contribution in [3.63, 3.8) is 0 Å². The molecule has 19 heavy (non-hydrogen) atoms. The summed E-state index contributed by atoms with van der Waals surface area (Å²) in [5, 5.41) is 11.1. The van der Waals surface area contributed by atoms with Crippen molar-refractivity contribution in [1.29, 1.82) is 5.26 Å².